The maximum Gasteiger partial charge on any atom is 0.151 e. The van der Waals surface area contributed by atoms with Gasteiger partial charge in [-0.25, -0.2) is 0 Å². The van der Waals surface area contributed by atoms with Gasteiger partial charge in [-0.1, -0.05) is 116 Å². The van der Waals surface area contributed by atoms with E-state index < -0.39 is 0 Å². The maximum atomic E-state index is 6.23. The van der Waals surface area contributed by atoms with E-state index in [4.69, 9.17) is 18.6 Å². The van der Waals surface area contributed by atoms with E-state index in [-0.39, 0.29) is 0 Å². The molecule has 0 saturated carbocycles. The van der Waals surface area contributed by atoms with E-state index in [1.165, 1.54) is 99.4 Å². The van der Waals surface area contributed by atoms with Gasteiger partial charge in [-0.2, -0.15) is 0 Å². The predicted octanol–water partition coefficient (Wildman–Crippen LogP) is 16.9. The largest absolute Gasteiger partial charge is 0.493 e. The second-order valence-corrected chi connectivity index (χ2v) is 16.7. The zero-order chi connectivity index (χ0) is 41.6. The van der Waals surface area contributed by atoms with Crippen LogP contribution in [-0.2, 0) is 6.42 Å². The fourth-order valence-electron chi connectivity index (χ4n) is 7.97. The van der Waals surface area contributed by atoms with Gasteiger partial charge < -0.3 is 23.5 Å². The van der Waals surface area contributed by atoms with Crippen molar-refractivity contribution in [2.45, 2.75) is 145 Å². The molecule has 0 aliphatic carbocycles. The van der Waals surface area contributed by atoms with Gasteiger partial charge in [0.25, 0.3) is 0 Å². The smallest absolute Gasteiger partial charge is 0.151 e. The average Bonchev–Trinajstić information content (AvgIpc) is 3.56. The van der Waals surface area contributed by atoms with Crippen molar-refractivity contribution < 1.29 is 18.6 Å². The topological polar surface area (TPSA) is 44.1 Å². The minimum absolute atomic E-state index is 0.778. The molecule has 0 radical (unpaired) electrons. The first-order valence-corrected chi connectivity index (χ1v) is 22.8. The minimum Gasteiger partial charge on any atom is -0.493 e. The second kappa shape index (κ2) is 21.9. The zero-order valence-corrected chi connectivity index (χ0v) is 37.2. The molecule has 5 aromatic carbocycles. The molecule has 314 valence electrons. The molecule has 0 spiro atoms. The van der Waals surface area contributed by atoms with E-state index >= 15 is 0 Å². The third-order valence-corrected chi connectivity index (χ3v) is 11.5. The highest BCUT2D eigenvalue weighted by Gasteiger charge is 2.26. The second-order valence-electron chi connectivity index (χ2n) is 16.7. The van der Waals surface area contributed by atoms with Crippen LogP contribution in [0.4, 0.5) is 17.1 Å². The fraction of sp³-hybridized carbons (Fsp3) is 0.444. The van der Waals surface area contributed by atoms with Crippen LogP contribution in [0.25, 0.3) is 21.9 Å². The lowest BCUT2D eigenvalue weighted by molar-refractivity contribution is 0.302. The lowest BCUT2D eigenvalue weighted by atomic mass is 10.1. The van der Waals surface area contributed by atoms with Gasteiger partial charge in [0.15, 0.2) is 11.5 Å². The molecule has 1 aromatic heterocycles. The molecule has 0 unspecified atom stereocenters. The SMILES string of the molecule is CCCCCCCCOc1cc2c(cc1C)oc1cc(C)c(OCCCCCCCC)cc12.CCCCc1ccc(N2c3ccc(C)cc3Oc3cc(C)ccc32)cc1. The van der Waals surface area contributed by atoms with Crippen LogP contribution in [-0.4, -0.2) is 13.2 Å². The molecule has 0 atom stereocenters. The summed E-state index contributed by atoms with van der Waals surface area (Å²) in [6.07, 6.45) is 18.9. The first-order valence-electron chi connectivity index (χ1n) is 22.8. The molecular weight excluding hydrogens is 727 g/mol. The number of nitrogens with zero attached hydrogens (tertiary/aromatic N) is 1. The van der Waals surface area contributed by atoms with E-state index in [1.54, 1.807) is 0 Å². The quantitative estimate of drug-likeness (QED) is 0.0719. The molecule has 1 aliphatic heterocycles. The summed E-state index contributed by atoms with van der Waals surface area (Å²) in [5.41, 5.74) is 11.3. The Kier molecular flexibility index (Phi) is 16.2. The molecule has 0 fully saturated rings. The monoisotopic (exact) mass is 796 g/mol. The summed E-state index contributed by atoms with van der Waals surface area (Å²) < 4.78 is 24.7. The summed E-state index contributed by atoms with van der Waals surface area (Å²) in [5, 5.41) is 2.22. The van der Waals surface area contributed by atoms with Crippen molar-refractivity contribution in [1.82, 2.24) is 0 Å². The van der Waals surface area contributed by atoms with Crippen LogP contribution in [0, 0.1) is 27.7 Å². The molecule has 2 heterocycles. The van der Waals surface area contributed by atoms with Crippen molar-refractivity contribution in [3.63, 3.8) is 0 Å². The predicted molar refractivity (Wildman–Crippen MR) is 250 cm³/mol. The highest BCUT2D eigenvalue weighted by molar-refractivity contribution is 6.06. The lowest BCUT2D eigenvalue weighted by Crippen LogP contribution is -2.16. The molecule has 5 nitrogen and oxygen atoms in total. The Hall–Kier alpha value is -4.90. The fourth-order valence-corrected chi connectivity index (χ4v) is 7.97. The molecular formula is C54H69NO4. The van der Waals surface area contributed by atoms with Gasteiger partial charge in [-0.05, 0) is 142 Å². The molecule has 1 aliphatic rings. The van der Waals surface area contributed by atoms with Gasteiger partial charge >= 0.3 is 0 Å². The van der Waals surface area contributed by atoms with Crippen LogP contribution in [0.3, 0.4) is 0 Å². The van der Waals surface area contributed by atoms with E-state index in [0.717, 1.165) is 99.9 Å². The first-order chi connectivity index (χ1) is 28.8. The van der Waals surface area contributed by atoms with Crippen molar-refractivity contribution in [1.29, 1.82) is 0 Å². The third-order valence-electron chi connectivity index (χ3n) is 11.5. The number of hydrogen-bond donors (Lipinski definition) is 0. The number of fused-ring (bicyclic) bond motifs is 5. The molecule has 59 heavy (non-hydrogen) atoms. The van der Waals surface area contributed by atoms with Crippen LogP contribution in [0.2, 0.25) is 0 Å². The molecule has 5 heteroatoms. The summed E-state index contributed by atoms with van der Waals surface area (Å²) in [7, 11) is 0. The van der Waals surface area contributed by atoms with Gasteiger partial charge in [0.05, 0.1) is 24.6 Å². The van der Waals surface area contributed by atoms with Crippen molar-refractivity contribution in [3.05, 3.63) is 113 Å². The Labute approximate surface area is 355 Å². The summed E-state index contributed by atoms with van der Waals surface area (Å²) in [6, 6.07) is 30.3. The van der Waals surface area contributed by atoms with E-state index in [1.807, 2.05) is 0 Å². The Morgan fingerprint density at radius 1 is 0.475 bits per heavy atom. The molecule has 7 rings (SSSR count). The molecule has 0 bridgehead atoms. The standard InChI is InChI=1S/C30H44O3.C24H25NO/c1-5-7-9-11-13-15-17-31-27-21-25-26-22-28(32-18-16-14-12-10-8-6-2)24(4)20-30(26)33-29(25)19-23(27)3;1-4-5-6-19-9-11-20(12-10-19)25-21-13-7-17(2)15-23(21)26-24-16-18(3)8-14-22(24)25/h19-22H,5-18H2,1-4H3;7-16H,4-6H2,1-3H3. The molecule has 0 N–H and O–H groups in total. The van der Waals surface area contributed by atoms with Gasteiger partial charge in [-0.3, -0.25) is 0 Å². The third kappa shape index (κ3) is 11.6. The minimum atomic E-state index is 0.778. The first kappa shape index (κ1) is 43.7. The molecule has 0 amide bonds. The summed E-state index contributed by atoms with van der Waals surface area (Å²) in [4.78, 5) is 2.30. The Morgan fingerprint density at radius 3 is 1.41 bits per heavy atom. The van der Waals surface area contributed by atoms with Crippen LogP contribution >= 0.6 is 0 Å². The number of aryl methyl sites for hydroxylation is 5. The number of hydrogen-bond acceptors (Lipinski definition) is 5. The summed E-state index contributed by atoms with van der Waals surface area (Å²) in [5.74, 6) is 3.76. The van der Waals surface area contributed by atoms with Crippen LogP contribution in [0.15, 0.2) is 89.3 Å². The number of benzene rings is 5. The van der Waals surface area contributed by atoms with Gasteiger partial charge in [0.2, 0.25) is 0 Å². The van der Waals surface area contributed by atoms with Crippen molar-refractivity contribution >= 4 is 39.0 Å². The van der Waals surface area contributed by atoms with Crippen LogP contribution < -0.4 is 19.1 Å². The Bertz CT molecular complexity index is 2100. The van der Waals surface area contributed by atoms with Crippen LogP contribution in [0.5, 0.6) is 23.0 Å². The van der Waals surface area contributed by atoms with Crippen molar-refractivity contribution in [2.24, 2.45) is 0 Å². The number of ether oxygens (including phenoxy) is 3. The molecule has 0 saturated heterocycles. The molecule has 6 aromatic rings. The zero-order valence-electron chi connectivity index (χ0n) is 37.2. The van der Waals surface area contributed by atoms with Gasteiger partial charge in [0.1, 0.15) is 22.7 Å². The van der Waals surface area contributed by atoms with Crippen molar-refractivity contribution in [2.75, 3.05) is 18.1 Å². The van der Waals surface area contributed by atoms with E-state index in [0.29, 0.717) is 0 Å². The van der Waals surface area contributed by atoms with Crippen molar-refractivity contribution in [3.8, 4) is 23.0 Å². The van der Waals surface area contributed by atoms with Crippen LogP contribution in [0.1, 0.15) is 138 Å². The number of anilines is 3. The van der Waals surface area contributed by atoms with E-state index in [2.05, 4.69) is 138 Å². The lowest BCUT2D eigenvalue weighted by Gasteiger charge is -2.33. The average molecular weight is 796 g/mol. The summed E-state index contributed by atoms with van der Waals surface area (Å²) in [6.45, 7) is 16.7. The Morgan fingerprint density at radius 2 is 0.932 bits per heavy atom. The normalized spacial score (nSPS) is 11.9. The van der Waals surface area contributed by atoms with Gasteiger partial charge in [-0.15, -0.1) is 0 Å². The highest BCUT2D eigenvalue weighted by Crippen LogP contribution is 2.50. The van der Waals surface area contributed by atoms with E-state index in [9.17, 15) is 0 Å². The number of furan rings is 1. The number of unbranched alkanes of at least 4 members (excludes halogenated alkanes) is 11. The highest BCUT2D eigenvalue weighted by atomic mass is 16.5. The Balaban J connectivity index is 0.000000203. The summed E-state index contributed by atoms with van der Waals surface area (Å²) >= 11 is 0. The number of rotatable bonds is 20. The van der Waals surface area contributed by atoms with Gasteiger partial charge in [0, 0.05) is 16.5 Å². The maximum absolute atomic E-state index is 6.23.